The van der Waals surface area contributed by atoms with Gasteiger partial charge in [0.1, 0.15) is 0 Å². The molecule has 1 aromatic heterocycles. The highest BCUT2D eigenvalue weighted by atomic mass is 19.1. The first-order valence-corrected chi connectivity index (χ1v) is 5.25. The molecular weight excluding hydrogens is 203 g/mol. The lowest BCUT2D eigenvalue weighted by Gasteiger charge is -2.38. The molecule has 0 fully saturated rings. The van der Waals surface area contributed by atoms with E-state index in [1.54, 1.807) is 6.20 Å². The van der Waals surface area contributed by atoms with Crippen LogP contribution in [0.3, 0.4) is 0 Å². The molecule has 0 saturated carbocycles. The van der Waals surface area contributed by atoms with Gasteiger partial charge in [-0.05, 0) is 37.8 Å². The van der Waals surface area contributed by atoms with Crippen LogP contribution in [0.25, 0.3) is 0 Å². The second-order valence-corrected chi connectivity index (χ2v) is 4.28. The molecule has 16 heavy (non-hydrogen) atoms. The van der Waals surface area contributed by atoms with Crippen molar-refractivity contribution in [3.63, 3.8) is 0 Å². The maximum absolute atomic E-state index is 13.0. The van der Waals surface area contributed by atoms with E-state index in [4.69, 9.17) is 0 Å². The summed E-state index contributed by atoms with van der Waals surface area (Å²) in [6.45, 7) is 4.00. The van der Waals surface area contributed by atoms with Gasteiger partial charge in [-0.3, -0.25) is 0 Å². The predicted octanol–water partition coefficient (Wildman–Crippen LogP) is 2.76. The molecule has 0 spiro atoms. The third-order valence-electron chi connectivity index (χ3n) is 3.20. The summed E-state index contributed by atoms with van der Waals surface area (Å²) in [4.78, 5) is 5.84. The van der Waals surface area contributed by atoms with Crippen LogP contribution in [0.4, 0.5) is 4.39 Å². The van der Waals surface area contributed by atoms with Gasteiger partial charge in [-0.2, -0.15) is 4.39 Å². The molecule has 0 amide bonds. The van der Waals surface area contributed by atoms with Gasteiger partial charge in [-0.1, -0.05) is 12.2 Å². The summed E-state index contributed by atoms with van der Waals surface area (Å²) in [7, 11) is 2.00. The van der Waals surface area contributed by atoms with Gasteiger partial charge in [0.15, 0.2) is 0 Å². The number of rotatable bonds is 1. The fourth-order valence-corrected chi connectivity index (χ4v) is 2.03. The number of halogens is 1. The van der Waals surface area contributed by atoms with Gasteiger partial charge in [0.25, 0.3) is 0 Å². The van der Waals surface area contributed by atoms with Crippen molar-refractivity contribution in [2.75, 3.05) is 7.05 Å². The second kappa shape index (κ2) is 3.74. The fraction of sp³-hybridized carbons (Fsp3) is 0.308. The lowest BCUT2D eigenvalue weighted by atomic mass is 9.87. The molecular formula is C13H15FN2. The van der Waals surface area contributed by atoms with Gasteiger partial charge in [0.05, 0.1) is 5.54 Å². The van der Waals surface area contributed by atoms with Crippen LogP contribution >= 0.6 is 0 Å². The highest BCUT2D eigenvalue weighted by Gasteiger charge is 2.30. The summed E-state index contributed by atoms with van der Waals surface area (Å²) in [5.74, 6) is -0.428. The first kappa shape index (κ1) is 10.9. The van der Waals surface area contributed by atoms with Crippen molar-refractivity contribution in [1.29, 1.82) is 0 Å². The quantitative estimate of drug-likeness (QED) is 0.674. The molecule has 0 aromatic carbocycles. The minimum Gasteiger partial charge on any atom is -0.368 e. The van der Waals surface area contributed by atoms with Gasteiger partial charge in [-0.25, -0.2) is 4.98 Å². The van der Waals surface area contributed by atoms with E-state index in [-0.39, 0.29) is 5.54 Å². The van der Waals surface area contributed by atoms with Crippen molar-refractivity contribution in [2.45, 2.75) is 19.4 Å². The minimum atomic E-state index is -0.428. The highest BCUT2D eigenvalue weighted by Crippen LogP contribution is 2.32. The van der Waals surface area contributed by atoms with Crippen LogP contribution in [-0.4, -0.2) is 16.9 Å². The van der Waals surface area contributed by atoms with Crippen molar-refractivity contribution >= 4 is 0 Å². The zero-order chi connectivity index (χ0) is 11.8. The fourth-order valence-electron chi connectivity index (χ4n) is 2.03. The summed E-state index contributed by atoms with van der Waals surface area (Å²) < 4.78 is 13.0. The summed E-state index contributed by atoms with van der Waals surface area (Å²) in [5, 5.41) is 0. The van der Waals surface area contributed by atoms with Crippen LogP contribution in [0.15, 0.2) is 36.7 Å². The molecule has 1 unspecified atom stereocenters. The number of aromatic nitrogens is 1. The average molecular weight is 218 g/mol. The maximum Gasteiger partial charge on any atom is 0.213 e. The second-order valence-electron chi connectivity index (χ2n) is 4.28. The highest BCUT2D eigenvalue weighted by molar-refractivity contribution is 5.36. The number of allylic oxidation sites excluding steroid dienone is 2. The Morgan fingerprint density at radius 2 is 2.12 bits per heavy atom. The Morgan fingerprint density at radius 1 is 1.38 bits per heavy atom. The van der Waals surface area contributed by atoms with E-state index in [1.807, 2.05) is 32.3 Å². The van der Waals surface area contributed by atoms with E-state index in [2.05, 4.69) is 22.9 Å². The summed E-state index contributed by atoms with van der Waals surface area (Å²) >= 11 is 0. The Bertz CT molecular complexity index is 465. The Kier molecular flexibility index (Phi) is 2.54. The Labute approximate surface area is 95.1 Å². The van der Waals surface area contributed by atoms with Crippen LogP contribution in [-0.2, 0) is 5.54 Å². The largest absolute Gasteiger partial charge is 0.368 e. The van der Waals surface area contributed by atoms with Gasteiger partial charge >= 0.3 is 0 Å². The zero-order valence-corrected chi connectivity index (χ0v) is 9.74. The molecule has 2 nitrogen and oxygen atoms in total. The summed E-state index contributed by atoms with van der Waals surface area (Å²) in [5.41, 5.74) is 1.69. The van der Waals surface area contributed by atoms with E-state index in [0.29, 0.717) is 0 Å². The molecule has 2 heterocycles. The standard InChI is InChI=1S/C13H15FN2/c1-10-8-12(14)15-9-11(10)13(2)6-4-5-7-16(13)3/h4-9H,1-3H3. The molecule has 0 saturated heterocycles. The normalized spacial score (nSPS) is 23.9. The lowest BCUT2D eigenvalue weighted by Crippen LogP contribution is -2.37. The Morgan fingerprint density at radius 3 is 2.75 bits per heavy atom. The summed E-state index contributed by atoms with van der Waals surface area (Å²) in [6, 6.07) is 1.47. The third kappa shape index (κ3) is 1.62. The molecule has 0 N–H and O–H groups in total. The number of nitrogens with zero attached hydrogens (tertiary/aromatic N) is 2. The van der Waals surface area contributed by atoms with Crippen molar-refractivity contribution in [3.05, 3.63) is 53.8 Å². The molecule has 1 aromatic rings. The lowest BCUT2D eigenvalue weighted by molar-refractivity contribution is 0.259. The van der Waals surface area contributed by atoms with Crippen LogP contribution < -0.4 is 0 Å². The maximum atomic E-state index is 13.0. The summed E-state index contributed by atoms with van der Waals surface area (Å²) in [6.07, 6.45) is 9.69. The van der Waals surface area contributed by atoms with Crippen LogP contribution in [0.1, 0.15) is 18.1 Å². The minimum absolute atomic E-state index is 0.250. The molecule has 0 aliphatic carbocycles. The smallest absolute Gasteiger partial charge is 0.213 e. The zero-order valence-electron chi connectivity index (χ0n) is 9.74. The number of likely N-dealkylation sites (N-methyl/N-ethyl adjacent to an activating group) is 1. The van der Waals surface area contributed by atoms with E-state index < -0.39 is 5.95 Å². The first-order chi connectivity index (χ1) is 7.54. The molecule has 0 radical (unpaired) electrons. The predicted molar refractivity (Wildman–Crippen MR) is 62.3 cm³/mol. The van der Waals surface area contributed by atoms with E-state index in [0.717, 1.165) is 11.1 Å². The number of aryl methyl sites for hydroxylation is 1. The van der Waals surface area contributed by atoms with Gasteiger partial charge < -0.3 is 4.90 Å². The monoisotopic (exact) mass is 218 g/mol. The van der Waals surface area contributed by atoms with Gasteiger partial charge in [-0.15, -0.1) is 0 Å². The average Bonchev–Trinajstić information content (AvgIpc) is 2.22. The van der Waals surface area contributed by atoms with Crippen molar-refractivity contribution in [1.82, 2.24) is 9.88 Å². The molecule has 2 rings (SSSR count). The van der Waals surface area contributed by atoms with E-state index in [9.17, 15) is 4.39 Å². The molecule has 1 atom stereocenters. The van der Waals surface area contributed by atoms with Gasteiger partial charge in [0, 0.05) is 18.8 Å². The van der Waals surface area contributed by atoms with E-state index >= 15 is 0 Å². The topological polar surface area (TPSA) is 16.1 Å². The molecule has 1 aliphatic rings. The third-order valence-corrected chi connectivity index (χ3v) is 3.20. The van der Waals surface area contributed by atoms with Crippen molar-refractivity contribution < 1.29 is 4.39 Å². The van der Waals surface area contributed by atoms with Crippen molar-refractivity contribution in [3.8, 4) is 0 Å². The number of hydrogen-bond donors (Lipinski definition) is 0. The van der Waals surface area contributed by atoms with Crippen LogP contribution in [0, 0.1) is 12.9 Å². The molecule has 0 bridgehead atoms. The van der Waals surface area contributed by atoms with Gasteiger partial charge in [0.2, 0.25) is 5.95 Å². The Hall–Kier alpha value is -1.64. The number of hydrogen-bond acceptors (Lipinski definition) is 2. The van der Waals surface area contributed by atoms with Crippen LogP contribution in [0.2, 0.25) is 0 Å². The SMILES string of the molecule is Cc1cc(F)ncc1C1(C)C=CC=CN1C. The van der Waals surface area contributed by atoms with Crippen molar-refractivity contribution in [2.24, 2.45) is 0 Å². The molecule has 1 aliphatic heterocycles. The molecule has 84 valence electrons. The van der Waals surface area contributed by atoms with E-state index in [1.165, 1.54) is 6.07 Å². The van der Waals surface area contributed by atoms with Crippen LogP contribution in [0.5, 0.6) is 0 Å². The first-order valence-electron chi connectivity index (χ1n) is 5.25. The Balaban J connectivity index is 2.51. The molecule has 3 heteroatoms. The number of pyridine rings is 1.